The fourth-order valence-electron chi connectivity index (χ4n) is 5.17. The van der Waals surface area contributed by atoms with Gasteiger partial charge in [-0.2, -0.15) is 0 Å². The molecule has 1 saturated heterocycles. The molecular weight excluding hydrogens is 338 g/mol. The van der Waals surface area contributed by atoms with Crippen LogP contribution in [0.3, 0.4) is 0 Å². The topological polar surface area (TPSA) is 52.7 Å². The molecule has 2 fully saturated rings. The summed E-state index contributed by atoms with van der Waals surface area (Å²) >= 11 is 0. The molecule has 3 aliphatic rings. The highest BCUT2D eigenvalue weighted by Gasteiger charge is 2.43. The summed E-state index contributed by atoms with van der Waals surface area (Å²) in [5.41, 5.74) is 2.29. The molecule has 1 saturated carbocycles. The largest absolute Gasteiger partial charge is 0.340 e. The van der Waals surface area contributed by atoms with E-state index in [0.29, 0.717) is 6.04 Å². The van der Waals surface area contributed by atoms with Crippen molar-refractivity contribution < 1.29 is 9.59 Å². The van der Waals surface area contributed by atoms with Gasteiger partial charge < -0.3 is 15.1 Å². The Labute approximate surface area is 162 Å². The smallest absolute Gasteiger partial charge is 0.231 e. The van der Waals surface area contributed by atoms with E-state index in [0.717, 1.165) is 57.4 Å². The molecule has 146 valence electrons. The number of anilines is 1. The van der Waals surface area contributed by atoms with Crippen LogP contribution in [0, 0.1) is 11.8 Å². The zero-order valence-electron chi connectivity index (χ0n) is 16.5. The van der Waals surface area contributed by atoms with Crippen LogP contribution < -0.4 is 10.2 Å². The molecule has 5 nitrogen and oxygen atoms in total. The minimum absolute atomic E-state index is 0.156. The number of amides is 2. The molecule has 2 heterocycles. The maximum absolute atomic E-state index is 13.6. The molecule has 1 aliphatic carbocycles. The number of carbonyl (C=O) groups excluding carboxylic acids is 2. The van der Waals surface area contributed by atoms with E-state index in [-0.39, 0.29) is 29.7 Å². The Bertz CT molecular complexity index is 719. The van der Waals surface area contributed by atoms with Gasteiger partial charge in [-0.1, -0.05) is 31.0 Å². The predicted octanol–water partition coefficient (Wildman–Crippen LogP) is 2.59. The molecule has 1 aromatic rings. The minimum Gasteiger partial charge on any atom is -0.340 e. The number of hydrogen-bond donors (Lipinski definition) is 1. The third-order valence-electron chi connectivity index (χ3n) is 6.53. The number of rotatable bonds is 2. The van der Waals surface area contributed by atoms with Crippen LogP contribution in [0.2, 0.25) is 0 Å². The van der Waals surface area contributed by atoms with Gasteiger partial charge in [-0.25, -0.2) is 0 Å². The van der Waals surface area contributed by atoms with Crippen LogP contribution in [0.1, 0.15) is 45.1 Å². The average Bonchev–Trinajstić information content (AvgIpc) is 3.02. The second kappa shape index (κ2) is 7.63. The fourth-order valence-corrected chi connectivity index (χ4v) is 5.17. The van der Waals surface area contributed by atoms with Crippen LogP contribution in [-0.4, -0.2) is 48.4 Å². The van der Waals surface area contributed by atoms with Crippen molar-refractivity contribution in [2.75, 3.05) is 24.5 Å². The van der Waals surface area contributed by atoms with Crippen molar-refractivity contribution in [3.63, 3.8) is 0 Å². The van der Waals surface area contributed by atoms with Crippen LogP contribution in [-0.2, 0) is 16.0 Å². The summed E-state index contributed by atoms with van der Waals surface area (Å²) in [5.74, 6) is 0.0248. The van der Waals surface area contributed by atoms with E-state index in [1.165, 1.54) is 5.56 Å². The lowest BCUT2D eigenvalue weighted by molar-refractivity contribution is -0.143. The first-order chi connectivity index (χ1) is 13.1. The van der Waals surface area contributed by atoms with Gasteiger partial charge in [0.25, 0.3) is 0 Å². The molecule has 0 radical (unpaired) electrons. The Balaban J connectivity index is 1.55. The highest BCUT2D eigenvalue weighted by Crippen LogP contribution is 2.38. The minimum atomic E-state index is -0.176. The van der Waals surface area contributed by atoms with Gasteiger partial charge in [0.2, 0.25) is 11.8 Å². The van der Waals surface area contributed by atoms with E-state index in [1.807, 2.05) is 28.0 Å². The number of para-hydroxylation sites is 1. The first kappa shape index (κ1) is 18.5. The molecule has 0 spiro atoms. The summed E-state index contributed by atoms with van der Waals surface area (Å²) in [6, 6.07) is 8.71. The SMILES string of the molecule is CC1CN(C(=O)C2CCCCC2C(=O)N2c3ccccc3CC2C)CCN1. The Hall–Kier alpha value is -1.88. The van der Waals surface area contributed by atoms with Gasteiger partial charge in [0, 0.05) is 43.3 Å². The van der Waals surface area contributed by atoms with Gasteiger partial charge in [0.1, 0.15) is 0 Å². The lowest BCUT2D eigenvalue weighted by Crippen LogP contribution is -2.55. The Morgan fingerprint density at radius 2 is 1.74 bits per heavy atom. The molecular formula is C22H31N3O2. The molecule has 4 rings (SSSR count). The highest BCUT2D eigenvalue weighted by molar-refractivity contribution is 6.00. The summed E-state index contributed by atoms with van der Waals surface area (Å²) in [5, 5.41) is 3.40. The summed E-state index contributed by atoms with van der Waals surface area (Å²) in [4.78, 5) is 30.8. The van der Waals surface area contributed by atoms with Gasteiger partial charge in [0.05, 0.1) is 5.92 Å². The van der Waals surface area contributed by atoms with Gasteiger partial charge >= 0.3 is 0 Å². The van der Waals surface area contributed by atoms with Crippen LogP contribution in [0.5, 0.6) is 0 Å². The van der Waals surface area contributed by atoms with E-state index in [9.17, 15) is 9.59 Å². The maximum atomic E-state index is 13.6. The number of carbonyl (C=O) groups is 2. The van der Waals surface area contributed by atoms with E-state index >= 15 is 0 Å². The zero-order chi connectivity index (χ0) is 19.0. The number of nitrogens with one attached hydrogen (secondary N) is 1. The fraction of sp³-hybridized carbons (Fsp3) is 0.636. The maximum Gasteiger partial charge on any atom is 0.231 e. The lowest BCUT2D eigenvalue weighted by Gasteiger charge is -2.39. The van der Waals surface area contributed by atoms with E-state index in [1.54, 1.807) is 0 Å². The molecule has 4 unspecified atom stereocenters. The van der Waals surface area contributed by atoms with Gasteiger partial charge in [-0.05, 0) is 44.7 Å². The third-order valence-corrected chi connectivity index (χ3v) is 6.53. The molecule has 2 amide bonds. The van der Waals surface area contributed by atoms with Gasteiger partial charge in [-0.15, -0.1) is 0 Å². The van der Waals surface area contributed by atoms with E-state index in [4.69, 9.17) is 0 Å². The molecule has 1 N–H and O–H groups in total. The van der Waals surface area contributed by atoms with Crippen LogP contribution in [0.4, 0.5) is 5.69 Å². The van der Waals surface area contributed by atoms with E-state index < -0.39 is 0 Å². The standard InChI is InChI=1S/C22H31N3O2/c1-15-14-24(12-11-23-15)21(26)18-8-4-5-9-19(18)22(27)25-16(2)13-17-7-3-6-10-20(17)25/h3,6-7,10,15-16,18-19,23H,4-5,8-9,11-14H2,1-2H3. The van der Waals surface area contributed by atoms with Crippen molar-refractivity contribution in [3.8, 4) is 0 Å². The van der Waals surface area contributed by atoms with Crippen molar-refractivity contribution in [3.05, 3.63) is 29.8 Å². The Morgan fingerprint density at radius 1 is 1.04 bits per heavy atom. The van der Waals surface area contributed by atoms with Crippen LogP contribution in [0.25, 0.3) is 0 Å². The molecule has 0 aromatic heterocycles. The number of benzene rings is 1. The van der Waals surface area contributed by atoms with Crippen molar-refractivity contribution in [1.29, 1.82) is 0 Å². The highest BCUT2D eigenvalue weighted by atomic mass is 16.2. The van der Waals surface area contributed by atoms with Crippen LogP contribution in [0.15, 0.2) is 24.3 Å². The van der Waals surface area contributed by atoms with Crippen molar-refractivity contribution in [2.24, 2.45) is 11.8 Å². The predicted molar refractivity (Wildman–Crippen MR) is 107 cm³/mol. The first-order valence-corrected chi connectivity index (χ1v) is 10.5. The first-order valence-electron chi connectivity index (χ1n) is 10.5. The summed E-state index contributed by atoms with van der Waals surface area (Å²) in [7, 11) is 0. The molecule has 0 bridgehead atoms. The van der Waals surface area contributed by atoms with Crippen molar-refractivity contribution in [2.45, 2.75) is 58.0 Å². The Kier molecular flexibility index (Phi) is 5.22. The molecule has 5 heteroatoms. The number of hydrogen-bond acceptors (Lipinski definition) is 3. The van der Waals surface area contributed by atoms with Crippen molar-refractivity contribution >= 4 is 17.5 Å². The normalized spacial score (nSPS) is 30.9. The third kappa shape index (κ3) is 3.49. The van der Waals surface area contributed by atoms with Gasteiger partial charge in [-0.3, -0.25) is 9.59 Å². The summed E-state index contributed by atoms with van der Waals surface area (Å²) in [6.45, 7) is 6.58. The average molecular weight is 370 g/mol. The van der Waals surface area contributed by atoms with Crippen LogP contribution >= 0.6 is 0 Å². The summed E-state index contributed by atoms with van der Waals surface area (Å²) < 4.78 is 0. The number of piperazine rings is 1. The van der Waals surface area contributed by atoms with Crippen molar-refractivity contribution in [1.82, 2.24) is 10.2 Å². The monoisotopic (exact) mass is 369 g/mol. The quantitative estimate of drug-likeness (QED) is 0.872. The van der Waals surface area contributed by atoms with Gasteiger partial charge in [0.15, 0.2) is 0 Å². The zero-order valence-corrected chi connectivity index (χ0v) is 16.5. The molecule has 1 aromatic carbocycles. The Morgan fingerprint density at radius 3 is 2.48 bits per heavy atom. The number of nitrogens with zero attached hydrogens (tertiary/aromatic N) is 2. The molecule has 2 aliphatic heterocycles. The number of fused-ring (bicyclic) bond motifs is 1. The molecule has 27 heavy (non-hydrogen) atoms. The second-order valence-electron chi connectivity index (χ2n) is 8.53. The molecule has 4 atom stereocenters. The van der Waals surface area contributed by atoms with E-state index in [2.05, 4.69) is 25.2 Å². The summed E-state index contributed by atoms with van der Waals surface area (Å²) in [6.07, 6.45) is 4.68. The second-order valence-corrected chi connectivity index (χ2v) is 8.53. The lowest BCUT2D eigenvalue weighted by atomic mass is 9.77.